The number of ether oxygens (including phenoxy) is 2. The van der Waals surface area contributed by atoms with Gasteiger partial charge in [-0.3, -0.25) is 9.59 Å². The molecule has 2 aromatic rings. The van der Waals surface area contributed by atoms with E-state index in [2.05, 4.69) is 0 Å². The summed E-state index contributed by atoms with van der Waals surface area (Å²) < 4.78 is 11.2. The number of esters is 1. The molecule has 4 rings (SSSR count). The Kier molecular flexibility index (Phi) is 3.68. The molecule has 25 heavy (non-hydrogen) atoms. The van der Waals surface area contributed by atoms with Crippen LogP contribution in [0.4, 0.5) is 0 Å². The average molecular weight is 334 g/mol. The van der Waals surface area contributed by atoms with Gasteiger partial charge in [0.25, 0.3) is 0 Å². The Morgan fingerprint density at radius 1 is 1.16 bits per heavy atom. The third kappa shape index (κ3) is 2.95. The summed E-state index contributed by atoms with van der Waals surface area (Å²) in [5.41, 5.74) is 3.29. The van der Waals surface area contributed by atoms with Crippen LogP contribution in [0.2, 0.25) is 0 Å². The fourth-order valence-corrected chi connectivity index (χ4v) is 2.94. The maximum atomic E-state index is 12.7. The van der Waals surface area contributed by atoms with Crippen LogP contribution in [-0.2, 0) is 4.79 Å². The molecule has 1 aliphatic heterocycles. The predicted molar refractivity (Wildman–Crippen MR) is 93.7 cm³/mol. The summed E-state index contributed by atoms with van der Waals surface area (Å²) in [6.07, 6.45) is 3.54. The monoisotopic (exact) mass is 334 g/mol. The van der Waals surface area contributed by atoms with Crippen LogP contribution in [0, 0.1) is 19.8 Å². The second-order valence-electron chi connectivity index (χ2n) is 6.61. The molecule has 0 amide bonds. The van der Waals surface area contributed by atoms with Crippen LogP contribution in [0.5, 0.6) is 11.5 Å². The molecule has 0 unspecified atom stereocenters. The van der Waals surface area contributed by atoms with Gasteiger partial charge < -0.3 is 9.47 Å². The van der Waals surface area contributed by atoms with E-state index in [-0.39, 0.29) is 23.4 Å². The highest BCUT2D eigenvalue weighted by atomic mass is 16.5. The lowest BCUT2D eigenvalue weighted by atomic mass is 10.0. The Morgan fingerprint density at radius 3 is 2.64 bits per heavy atom. The zero-order valence-corrected chi connectivity index (χ0v) is 14.2. The predicted octanol–water partition coefficient (Wildman–Crippen LogP) is 4.24. The molecular weight excluding hydrogens is 316 g/mol. The van der Waals surface area contributed by atoms with Crippen LogP contribution in [0.3, 0.4) is 0 Å². The van der Waals surface area contributed by atoms with E-state index in [1.54, 1.807) is 18.2 Å². The van der Waals surface area contributed by atoms with E-state index < -0.39 is 0 Å². The maximum Gasteiger partial charge on any atom is 0.314 e. The van der Waals surface area contributed by atoms with Crippen LogP contribution in [0.15, 0.2) is 42.2 Å². The van der Waals surface area contributed by atoms with Gasteiger partial charge in [0.1, 0.15) is 11.5 Å². The first-order chi connectivity index (χ1) is 12.0. The van der Waals surface area contributed by atoms with Gasteiger partial charge in [-0.2, -0.15) is 0 Å². The number of fused-ring (bicyclic) bond motifs is 1. The SMILES string of the molecule is Cc1ccccc1/C=C1\Oc2cc(OC(=O)C3CC3)cc(C)c2C1=O. The normalized spacial score (nSPS) is 17.4. The van der Waals surface area contributed by atoms with Crippen molar-refractivity contribution in [1.29, 1.82) is 0 Å². The highest BCUT2D eigenvalue weighted by Crippen LogP contribution is 2.38. The van der Waals surface area contributed by atoms with Crippen molar-refractivity contribution in [2.45, 2.75) is 26.7 Å². The number of Topliss-reactive ketones (excluding diaryl/α,β-unsaturated/α-hetero) is 1. The summed E-state index contributed by atoms with van der Waals surface area (Å²) in [5, 5.41) is 0. The van der Waals surface area contributed by atoms with Gasteiger partial charge in [-0.25, -0.2) is 0 Å². The molecule has 0 spiro atoms. The van der Waals surface area contributed by atoms with Crippen molar-refractivity contribution in [2.24, 2.45) is 5.92 Å². The number of allylic oxidation sites excluding steroid dienone is 1. The second kappa shape index (κ2) is 5.88. The number of rotatable bonds is 3. The molecule has 1 aliphatic carbocycles. The third-order valence-electron chi connectivity index (χ3n) is 4.55. The fourth-order valence-electron chi connectivity index (χ4n) is 2.94. The maximum absolute atomic E-state index is 12.7. The third-order valence-corrected chi connectivity index (χ3v) is 4.55. The number of ketones is 1. The largest absolute Gasteiger partial charge is 0.452 e. The number of hydrogen-bond donors (Lipinski definition) is 0. The van der Waals surface area contributed by atoms with Crippen molar-refractivity contribution in [3.8, 4) is 11.5 Å². The Balaban J connectivity index is 1.65. The van der Waals surface area contributed by atoms with Crippen molar-refractivity contribution >= 4 is 17.8 Å². The first-order valence-electron chi connectivity index (χ1n) is 8.39. The molecule has 2 aromatic carbocycles. The van der Waals surface area contributed by atoms with Gasteiger partial charge in [0.15, 0.2) is 5.76 Å². The number of hydrogen-bond acceptors (Lipinski definition) is 4. The van der Waals surface area contributed by atoms with Gasteiger partial charge in [-0.05, 0) is 55.5 Å². The first kappa shape index (κ1) is 15.6. The molecule has 4 nitrogen and oxygen atoms in total. The van der Waals surface area contributed by atoms with Crippen LogP contribution >= 0.6 is 0 Å². The summed E-state index contributed by atoms with van der Waals surface area (Å²) in [6, 6.07) is 11.1. The lowest BCUT2D eigenvalue weighted by molar-refractivity contribution is -0.135. The molecule has 0 aromatic heterocycles. The Labute approximate surface area is 146 Å². The van der Waals surface area contributed by atoms with Crippen molar-refractivity contribution < 1.29 is 19.1 Å². The van der Waals surface area contributed by atoms with Crippen LogP contribution in [-0.4, -0.2) is 11.8 Å². The topological polar surface area (TPSA) is 52.6 Å². The van der Waals surface area contributed by atoms with Gasteiger partial charge in [-0.15, -0.1) is 0 Å². The first-order valence-corrected chi connectivity index (χ1v) is 8.39. The number of benzene rings is 2. The number of aryl methyl sites for hydroxylation is 2. The van der Waals surface area contributed by atoms with Gasteiger partial charge in [0.05, 0.1) is 11.5 Å². The molecule has 4 heteroatoms. The number of carbonyl (C=O) groups excluding carboxylic acids is 2. The molecular formula is C21H18O4. The zero-order chi connectivity index (χ0) is 17.6. The Bertz CT molecular complexity index is 919. The summed E-state index contributed by atoms with van der Waals surface area (Å²) in [6.45, 7) is 3.81. The van der Waals surface area contributed by atoms with E-state index in [1.165, 1.54) is 0 Å². The molecule has 0 radical (unpaired) electrons. The quantitative estimate of drug-likeness (QED) is 0.479. The van der Waals surface area contributed by atoms with Crippen LogP contribution < -0.4 is 9.47 Å². The highest BCUT2D eigenvalue weighted by Gasteiger charge is 2.33. The van der Waals surface area contributed by atoms with Crippen molar-refractivity contribution in [2.75, 3.05) is 0 Å². The van der Waals surface area contributed by atoms with E-state index in [0.29, 0.717) is 17.1 Å². The van der Waals surface area contributed by atoms with Gasteiger partial charge in [0, 0.05) is 6.07 Å². The highest BCUT2D eigenvalue weighted by molar-refractivity contribution is 6.15. The molecule has 0 atom stereocenters. The summed E-state index contributed by atoms with van der Waals surface area (Å²) in [4.78, 5) is 24.5. The van der Waals surface area contributed by atoms with E-state index in [9.17, 15) is 9.59 Å². The molecule has 1 heterocycles. The zero-order valence-electron chi connectivity index (χ0n) is 14.2. The van der Waals surface area contributed by atoms with Gasteiger partial charge >= 0.3 is 5.97 Å². The molecule has 0 bridgehead atoms. The van der Waals surface area contributed by atoms with E-state index in [1.807, 2.05) is 38.1 Å². The molecule has 1 saturated carbocycles. The van der Waals surface area contributed by atoms with Crippen LogP contribution in [0.25, 0.3) is 6.08 Å². The molecule has 2 aliphatic rings. The van der Waals surface area contributed by atoms with Crippen LogP contribution in [0.1, 0.15) is 39.9 Å². The summed E-state index contributed by atoms with van der Waals surface area (Å²) in [5.74, 6) is 0.836. The van der Waals surface area contributed by atoms with Gasteiger partial charge in [0.2, 0.25) is 5.78 Å². The Hall–Kier alpha value is -2.88. The summed E-state index contributed by atoms with van der Waals surface area (Å²) in [7, 11) is 0. The van der Waals surface area contributed by atoms with E-state index >= 15 is 0 Å². The molecule has 0 saturated heterocycles. The minimum Gasteiger partial charge on any atom is -0.452 e. The lowest BCUT2D eigenvalue weighted by Gasteiger charge is -2.07. The summed E-state index contributed by atoms with van der Waals surface area (Å²) >= 11 is 0. The van der Waals surface area contributed by atoms with Crippen molar-refractivity contribution in [3.05, 3.63) is 64.4 Å². The number of carbonyl (C=O) groups is 2. The minimum absolute atomic E-state index is 0.0209. The smallest absolute Gasteiger partial charge is 0.314 e. The molecule has 1 fully saturated rings. The lowest BCUT2D eigenvalue weighted by Crippen LogP contribution is -2.10. The molecule has 0 N–H and O–H groups in total. The molecule has 126 valence electrons. The Morgan fingerprint density at radius 2 is 1.92 bits per heavy atom. The van der Waals surface area contributed by atoms with E-state index in [0.717, 1.165) is 29.5 Å². The minimum atomic E-state index is -0.209. The fraction of sp³-hybridized carbons (Fsp3) is 0.238. The van der Waals surface area contributed by atoms with Crippen molar-refractivity contribution in [1.82, 2.24) is 0 Å². The van der Waals surface area contributed by atoms with Crippen molar-refractivity contribution in [3.63, 3.8) is 0 Å². The average Bonchev–Trinajstić information content (AvgIpc) is 3.36. The van der Waals surface area contributed by atoms with Gasteiger partial charge in [-0.1, -0.05) is 24.3 Å². The standard InChI is InChI=1S/C21H18O4/c1-12-5-3-4-6-15(12)10-18-20(22)19-13(2)9-16(11-17(19)25-18)24-21(23)14-7-8-14/h3-6,9-11,14H,7-8H2,1-2H3/b18-10-. The second-order valence-corrected chi connectivity index (χ2v) is 6.61. The van der Waals surface area contributed by atoms with E-state index in [4.69, 9.17) is 9.47 Å².